The van der Waals surface area contributed by atoms with Crippen molar-refractivity contribution in [2.24, 2.45) is 0 Å². The van der Waals surface area contributed by atoms with Gasteiger partial charge in [-0.25, -0.2) is 9.97 Å². The summed E-state index contributed by atoms with van der Waals surface area (Å²) in [5.74, 6) is 0.480. The van der Waals surface area contributed by atoms with E-state index in [1.165, 1.54) is 22.7 Å². The lowest BCUT2D eigenvalue weighted by atomic mass is 10.1. The lowest BCUT2D eigenvalue weighted by Gasteiger charge is -2.08. The number of hydrogen-bond donors (Lipinski definition) is 1. The average Bonchev–Trinajstić information content (AvgIpc) is 3.43. The first-order valence-corrected chi connectivity index (χ1v) is 12.4. The molecule has 1 amide bonds. The molecule has 166 valence electrons. The van der Waals surface area contributed by atoms with E-state index in [-0.39, 0.29) is 5.91 Å². The average molecular weight is 475 g/mol. The van der Waals surface area contributed by atoms with Crippen LogP contribution in [0, 0.1) is 6.92 Å². The summed E-state index contributed by atoms with van der Waals surface area (Å²) >= 11 is 2.93. The van der Waals surface area contributed by atoms with Gasteiger partial charge in [-0.3, -0.25) is 15.1 Å². The van der Waals surface area contributed by atoms with Crippen molar-refractivity contribution in [2.45, 2.75) is 26.7 Å². The second kappa shape index (κ2) is 9.25. The summed E-state index contributed by atoms with van der Waals surface area (Å²) in [7, 11) is 0. The molecular formula is C25H22N4O2S2. The molecule has 1 N–H and O–H groups in total. The molecule has 8 heteroatoms. The predicted octanol–water partition coefficient (Wildman–Crippen LogP) is 6.71. The van der Waals surface area contributed by atoms with E-state index in [1.54, 1.807) is 6.20 Å². The van der Waals surface area contributed by atoms with Crippen LogP contribution in [0.3, 0.4) is 0 Å². The van der Waals surface area contributed by atoms with Gasteiger partial charge in [-0.1, -0.05) is 55.0 Å². The molecule has 0 saturated carbocycles. The van der Waals surface area contributed by atoms with E-state index in [4.69, 9.17) is 9.72 Å². The largest absolute Gasteiger partial charge is 0.491 e. The molecule has 0 radical (unpaired) electrons. The molecule has 0 fully saturated rings. The molecule has 6 nitrogen and oxygen atoms in total. The van der Waals surface area contributed by atoms with E-state index >= 15 is 0 Å². The Labute approximate surface area is 199 Å². The third kappa shape index (κ3) is 4.31. The van der Waals surface area contributed by atoms with Crippen LogP contribution >= 0.6 is 22.7 Å². The zero-order chi connectivity index (χ0) is 22.8. The molecule has 0 bridgehead atoms. The summed E-state index contributed by atoms with van der Waals surface area (Å²) in [6.45, 7) is 4.68. The summed E-state index contributed by atoms with van der Waals surface area (Å²) in [6, 6.07) is 15.7. The molecule has 0 aliphatic carbocycles. The molecule has 0 atom stereocenters. The number of nitrogens with one attached hydrogen (secondary N) is 1. The molecule has 5 rings (SSSR count). The van der Waals surface area contributed by atoms with Crippen LogP contribution in [0.5, 0.6) is 5.75 Å². The zero-order valence-corrected chi connectivity index (χ0v) is 19.9. The Bertz CT molecular complexity index is 1440. The van der Waals surface area contributed by atoms with Gasteiger partial charge in [-0.05, 0) is 31.0 Å². The summed E-state index contributed by atoms with van der Waals surface area (Å²) < 4.78 is 6.96. The SMILES string of the molecule is CCCCOc1cc2sc(NC(=O)c3nc(C)sc3-c3ccccc3)nc2c2cccnc12. The van der Waals surface area contributed by atoms with E-state index < -0.39 is 0 Å². The molecule has 0 aliphatic rings. The van der Waals surface area contributed by atoms with Crippen molar-refractivity contribution in [2.75, 3.05) is 11.9 Å². The monoisotopic (exact) mass is 474 g/mol. The van der Waals surface area contributed by atoms with E-state index in [2.05, 4.69) is 22.2 Å². The Morgan fingerprint density at radius 1 is 1.06 bits per heavy atom. The minimum atomic E-state index is -0.265. The van der Waals surface area contributed by atoms with Gasteiger partial charge in [0.2, 0.25) is 0 Å². The number of nitrogens with zero attached hydrogens (tertiary/aromatic N) is 3. The van der Waals surface area contributed by atoms with E-state index in [0.29, 0.717) is 17.4 Å². The Balaban J connectivity index is 1.49. The Morgan fingerprint density at radius 3 is 2.73 bits per heavy atom. The highest BCUT2D eigenvalue weighted by Gasteiger charge is 2.20. The van der Waals surface area contributed by atoms with Crippen LogP contribution in [0.1, 0.15) is 35.3 Å². The number of fused-ring (bicyclic) bond motifs is 3. The molecule has 5 aromatic rings. The van der Waals surface area contributed by atoms with Crippen molar-refractivity contribution in [3.8, 4) is 16.2 Å². The number of pyridine rings is 1. The van der Waals surface area contributed by atoms with Gasteiger partial charge in [0.05, 0.1) is 26.7 Å². The minimum Gasteiger partial charge on any atom is -0.491 e. The number of carbonyl (C=O) groups excluding carboxylic acids is 1. The molecule has 0 unspecified atom stereocenters. The molecular weight excluding hydrogens is 452 g/mol. The van der Waals surface area contributed by atoms with Gasteiger partial charge in [0.15, 0.2) is 5.13 Å². The Kier molecular flexibility index (Phi) is 6.02. The number of aryl methyl sites for hydroxylation is 1. The van der Waals surface area contributed by atoms with E-state index in [9.17, 15) is 4.79 Å². The van der Waals surface area contributed by atoms with Crippen LogP contribution in [-0.2, 0) is 0 Å². The predicted molar refractivity (Wildman–Crippen MR) is 136 cm³/mol. The van der Waals surface area contributed by atoms with Crippen molar-refractivity contribution in [3.05, 3.63) is 65.4 Å². The minimum absolute atomic E-state index is 0.265. The van der Waals surface area contributed by atoms with Gasteiger partial charge < -0.3 is 4.74 Å². The molecule has 3 heterocycles. The zero-order valence-electron chi connectivity index (χ0n) is 18.3. The van der Waals surface area contributed by atoms with E-state index in [1.807, 2.05) is 55.5 Å². The normalized spacial score (nSPS) is 11.2. The van der Waals surface area contributed by atoms with Gasteiger partial charge in [-0.2, -0.15) is 0 Å². The number of aromatic nitrogens is 3. The molecule has 33 heavy (non-hydrogen) atoms. The van der Waals surface area contributed by atoms with Crippen LogP contribution in [0.2, 0.25) is 0 Å². The van der Waals surface area contributed by atoms with Crippen molar-refractivity contribution >= 4 is 54.8 Å². The Hall–Kier alpha value is -3.36. The molecule has 0 aliphatic heterocycles. The van der Waals surface area contributed by atoms with Gasteiger partial charge in [0, 0.05) is 17.6 Å². The number of benzene rings is 2. The highest BCUT2D eigenvalue weighted by atomic mass is 32.1. The number of thiazole rings is 2. The first-order chi connectivity index (χ1) is 16.1. The fourth-order valence-corrected chi connectivity index (χ4v) is 5.44. The third-order valence-corrected chi connectivity index (χ3v) is 7.11. The molecule has 2 aromatic carbocycles. The fraction of sp³-hybridized carbons (Fsp3) is 0.200. The molecule has 0 saturated heterocycles. The standard InChI is InChI=1S/C25H22N4O2S2/c1-3-4-13-31-18-14-19-21(17-11-8-12-26-20(17)18)28-25(33-19)29-24(30)22-23(32-15(2)27-22)16-9-6-5-7-10-16/h5-12,14H,3-4,13H2,1-2H3,(H,28,29,30). The first-order valence-electron chi connectivity index (χ1n) is 10.8. The second-order valence-corrected chi connectivity index (χ2v) is 9.81. The summed E-state index contributed by atoms with van der Waals surface area (Å²) in [5, 5.41) is 5.23. The lowest BCUT2D eigenvalue weighted by molar-refractivity contribution is 0.102. The number of ether oxygens (including phenoxy) is 1. The smallest absolute Gasteiger partial charge is 0.277 e. The number of hydrogen-bond acceptors (Lipinski definition) is 7. The summed E-state index contributed by atoms with van der Waals surface area (Å²) in [6.07, 6.45) is 3.80. The second-order valence-electron chi connectivity index (χ2n) is 7.57. The maximum absolute atomic E-state index is 13.2. The van der Waals surface area contributed by atoms with Gasteiger partial charge >= 0.3 is 0 Å². The first kappa shape index (κ1) is 21.5. The van der Waals surface area contributed by atoms with Gasteiger partial charge in [-0.15, -0.1) is 11.3 Å². The highest BCUT2D eigenvalue weighted by Crippen LogP contribution is 2.37. The van der Waals surface area contributed by atoms with Crippen molar-refractivity contribution in [1.29, 1.82) is 0 Å². The van der Waals surface area contributed by atoms with Gasteiger partial charge in [0.1, 0.15) is 17.0 Å². The topological polar surface area (TPSA) is 77.0 Å². The van der Waals surface area contributed by atoms with Gasteiger partial charge in [0.25, 0.3) is 5.91 Å². The quantitative estimate of drug-likeness (QED) is 0.265. The molecule has 0 spiro atoms. The van der Waals surface area contributed by atoms with Crippen LogP contribution in [-0.4, -0.2) is 27.5 Å². The maximum Gasteiger partial charge on any atom is 0.277 e. The third-order valence-electron chi connectivity index (χ3n) is 5.17. The molecule has 3 aromatic heterocycles. The highest BCUT2D eigenvalue weighted by molar-refractivity contribution is 7.22. The number of amides is 1. The van der Waals surface area contributed by atoms with Crippen LogP contribution in [0.4, 0.5) is 5.13 Å². The van der Waals surface area contributed by atoms with Crippen molar-refractivity contribution in [1.82, 2.24) is 15.0 Å². The van der Waals surface area contributed by atoms with Crippen LogP contribution in [0.25, 0.3) is 31.6 Å². The number of carbonyl (C=O) groups is 1. The van der Waals surface area contributed by atoms with Crippen molar-refractivity contribution < 1.29 is 9.53 Å². The van der Waals surface area contributed by atoms with Crippen LogP contribution < -0.4 is 10.1 Å². The fourth-order valence-electron chi connectivity index (χ4n) is 3.62. The van der Waals surface area contributed by atoms with Crippen molar-refractivity contribution in [3.63, 3.8) is 0 Å². The van der Waals surface area contributed by atoms with E-state index in [0.717, 1.165) is 55.2 Å². The number of unbranched alkanes of at least 4 members (excludes halogenated alkanes) is 1. The van der Waals surface area contributed by atoms with Crippen LogP contribution in [0.15, 0.2) is 54.7 Å². The summed E-state index contributed by atoms with van der Waals surface area (Å²) in [4.78, 5) is 27.8. The number of anilines is 1. The Morgan fingerprint density at radius 2 is 1.91 bits per heavy atom. The summed E-state index contributed by atoms with van der Waals surface area (Å²) in [5.41, 5.74) is 2.98. The number of rotatable bonds is 7. The maximum atomic E-state index is 13.2. The lowest BCUT2D eigenvalue weighted by Crippen LogP contribution is -2.13.